The highest BCUT2D eigenvalue weighted by Crippen LogP contribution is 2.61. The van der Waals surface area contributed by atoms with Crippen LogP contribution >= 0.6 is 15.6 Å². The van der Waals surface area contributed by atoms with E-state index in [2.05, 4.69) is 19.3 Å². The Morgan fingerprint density at radius 2 is 1.44 bits per heavy atom. The largest absolute Gasteiger partial charge is 0.483 e. The summed E-state index contributed by atoms with van der Waals surface area (Å²) in [6, 6.07) is 0. The van der Waals surface area contributed by atoms with Gasteiger partial charge in [-0.25, -0.2) is 24.1 Å². The second kappa shape index (κ2) is 15.7. The second-order valence-corrected chi connectivity index (χ2v) is 13.6. The summed E-state index contributed by atoms with van der Waals surface area (Å²) in [6.45, 7) is 2.06. The Bertz CT molecular complexity index is 1690. The number of rotatable bonds is 13. The van der Waals surface area contributed by atoms with Gasteiger partial charge in [0.25, 0.3) is 0 Å². The summed E-state index contributed by atoms with van der Waals surface area (Å²) in [5.41, 5.74) is 6.03. The van der Waals surface area contributed by atoms with Crippen molar-refractivity contribution in [3.05, 3.63) is 12.7 Å². The lowest BCUT2D eigenvalue weighted by atomic mass is 9.98. The van der Waals surface area contributed by atoms with Gasteiger partial charge in [0.05, 0.1) is 12.9 Å². The molecule has 2 aliphatic heterocycles. The first kappa shape index (κ1) is 39.1. The van der Waals surface area contributed by atoms with Crippen LogP contribution in [0.1, 0.15) is 33.9 Å². The van der Waals surface area contributed by atoms with Crippen LogP contribution < -0.4 is 5.73 Å². The van der Waals surface area contributed by atoms with Crippen LogP contribution in [0.3, 0.4) is 0 Å². The number of ether oxygens (including phenoxy) is 6. The summed E-state index contributed by atoms with van der Waals surface area (Å²) >= 11 is 0. The van der Waals surface area contributed by atoms with E-state index in [-0.39, 0.29) is 17.0 Å². The van der Waals surface area contributed by atoms with E-state index >= 15 is 0 Å². The lowest BCUT2D eigenvalue weighted by Crippen LogP contribution is -2.62. The maximum atomic E-state index is 13.0. The normalized spacial score (nSPS) is 30.5. The topological polar surface area (TPSA) is 336 Å². The molecule has 0 bridgehead atoms. The highest BCUT2D eigenvalue weighted by Gasteiger charge is 2.55. The number of fused-ring (bicyclic) bond motifs is 1. The van der Waals surface area contributed by atoms with E-state index in [1.54, 1.807) is 0 Å². The Morgan fingerprint density at radius 1 is 0.820 bits per heavy atom. The number of nitrogen functional groups attached to an aromatic ring is 1. The number of esters is 4. The third-order valence-electron chi connectivity index (χ3n) is 6.79. The van der Waals surface area contributed by atoms with Gasteiger partial charge in [-0.1, -0.05) is 0 Å². The fourth-order valence-corrected chi connectivity index (χ4v) is 7.05. The molecule has 4 heterocycles. The van der Waals surface area contributed by atoms with Crippen molar-refractivity contribution in [2.45, 2.75) is 82.9 Å². The first-order valence-electron chi connectivity index (χ1n) is 14.2. The molecule has 24 nitrogen and oxygen atoms in total. The van der Waals surface area contributed by atoms with E-state index < -0.39 is 108 Å². The summed E-state index contributed by atoms with van der Waals surface area (Å²) in [7, 11) is -11.4. The van der Waals surface area contributed by atoms with Gasteiger partial charge in [-0.2, -0.15) is 4.31 Å². The first-order chi connectivity index (χ1) is 23.3. The molecule has 11 unspecified atom stereocenters. The third kappa shape index (κ3) is 9.56. The number of aliphatic hydroxyl groups is 2. The third-order valence-corrected chi connectivity index (χ3v) is 9.39. The van der Waals surface area contributed by atoms with Gasteiger partial charge in [-0.3, -0.25) is 32.8 Å². The van der Waals surface area contributed by atoms with Crippen LogP contribution in [-0.2, 0) is 70.1 Å². The molecule has 2 fully saturated rings. The number of nitrogens with zero attached hydrogens (tertiary/aromatic N) is 4. The molecule has 0 amide bonds. The highest BCUT2D eigenvalue weighted by molar-refractivity contribution is 7.61. The number of imidazole rings is 1. The van der Waals surface area contributed by atoms with Crippen LogP contribution in [0.15, 0.2) is 12.7 Å². The Kier molecular flexibility index (Phi) is 12.3. The van der Waals surface area contributed by atoms with Crippen molar-refractivity contribution in [1.29, 1.82) is 0 Å². The number of nitrogens with two attached hydrogens (primary N) is 1. The molecule has 2 aliphatic rings. The lowest BCUT2D eigenvalue weighted by Gasteiger charge is -2.43. The summed E-state index contributed by atoms with van der Waals surface area (Å²) in [5, 5.41) is 21.1. The lowest BCUT2D eigenvalue weighted by molar-refractivity contribution is -0.291. The molecule has 2 saturated heterocycles. The molecule has 4 rings (SSSR count). The van der Waals surface area contributed by atoms with Crippen LogP contribution in [0.5, 0.6) is 0 Å². The number of aliphatic hydroxyl groups excluding tert-OH is 2. The molecule has 278 valence electrons. The summed E-state index contributed by atoms with van der Waals surface area (Å²) in [6.07, 6.45) is -13.3. The molecule has 2 aromatic heterocycles. The number of anilines is 1. The molecular weight excluding hydrogens is 724 g/mol. The minimum Gasteiger partial charge on any atom is -0.463 e. The quantitative estimate of drug-likeness (QED) is 0.0869. The van der Waals surface area contributed by atoms with Gasteiger partial charge in [0.1, 0.15) is 42.9 Å². The van der Waals surface area contributed by atoms with Gasteiger partial charge in [0.15, 0.2) is 36.0 Å². The molecule has 0 saturated carbocycles. The number of phosphoric ester groups is 2. The van der Waals surface area contributed by atoms with Crippen molar-refractivity contribution in [2.75, 3.05) is 18.9 Å². The van der Waals surface area contributed by atoms with Crippen molar-refractivity contribution in [2.24, 2.45) is 0 Å². The number of carbonyl (C=O) groups is 4. The van der Waals surface area contributed by atoms with E-state index in [1.807, 2.05) is 0 Å². The predicted molar refractivity (Wildman–Crippen MR) is 155 cm³/mol. The molecule has 2 aromatic rings. The van der Waals surface area contributed by atoms with E-state index in [4.69, 9.17) is 43.2 Å². The van der Waals surface area contributed by atoms with Gasteiger partial charge in [0, 0.05) is 27.7 Å². The zero-order valence-electron chi connectivity index (χ0n) is 26.4. The van der Waals surface area contributed by atoms with E-state index in [1.165, 1.54) is 10.9 Å². The van der Waals surface area contributed by atoms with E-state index in [0.717, 1.165) is 34.0 Å². The molecule has 11 atom stereocenters. The molecule has 0 aromatic carbocycles. The van der Waals surface area contributed by atoms with Crippen LogP contribution in [0.2, 0.25) is 0 Å². The molecule has 6 N–H and O–H groups in total. The van der Waals surface area contributed by atoms with Gasteiger partial charge >= 0.3 is 39.5 Å². The number of hydrogen-bond acceptors (Lipinski definition) is 21. The average Bonchev–Trinajstić information content (AvgIpc) is 3.54. The van der Waals surface area contributed by atoms with Crippen LogP contribution in [0.25, 0.3) is 11.2 Å². The SMILES string of the molecule is CC(=O)OCC1OC(OP(=O)(O)OP(=O)(O)OCC2OC(n3cnc4c(N)ncnc43)C(O)C2O)C(OC(C)=O)C(OC(C)=O)C1OC(C)=O. The maximum Gasteiger partial charge on any atom is 0.483 e. The van der Waals surface area contributed by atoms with Crippen LogP contribution in [0.4, 0.5) is 5.82 Å². The van der Waals surface area contributed by atoms with Crippen molar-refractivity contribution in [3.8, 4) is 0 Å². The summed E-state index contributed by atoms with van der Waals surface area (Å²) < 4.78 is 72.4. The smallest absolute Gasteiger partial charge is 0.463 e. The highest BCUT2D eigenvalue weighted by atomic mass is 31.3. The number of phosphoric acid groups is 2. The van der Waals surface area contributed by atoms with Gasteiger partial charge < -0.3 is 54.2 Å². The van der Waals surface area contributed by atoms with E-state index in [0.29, 0.717) is 0 Å². The van der Waals surface area contributed by atoms with Gasteiger partial charge in [0.2, 0.25) is 6.29 Å². The molecule has 0 radical (unpaired) electrons. The van der Waals surface area contributed by atoms with Crippen molar-refractivity contribution < 1.29 is 90.1 Å². The van der Waals surface area contributed by atoms with Gasteiger partial charge in [-0.15, -0.1) is 0 Å². The average molecular weight is 757 g/mol. The Labute approximate surface area is 280 Å². The Morgan fingerprint density at radius 3 is 2.06 bits per heavy atom. The minimum atomic E-state index is -5.81. The van der Waals surface area contributed by atoms with Crippen molar-refractivity contribution >= 4 is 56.5 Å². The first-order valence-corrected chi connectivity index (χ1v) is 17.2. The van der Waals surface area contributed by atoms with Crippen LogP contribution in [-0.4, -0.2) is 126 Å². The van der Waals surface area contributed by atoms with Crippen molar-refractivity contribution in [3.63, 3.8) is 0 Å². The summed E-state index contributed by atoms with van der Waals surface area (Å²) in [4.78, 5) is 79.8. The second-order valence-electron chi connectivity index (χ2n) is 10.6. The minimum absolute atomic E-state index is 0.0134. The molecular formula is C24H33N5O19P2. The fourth-order valence-electron chi connectivity index (χ4n) is 4.90. The maximum absolute atomic E-state index is 13.0. The molecule has 0 spiro atoms. The fraction of sp³-hybridized carbons (Fsp3) is 0.625. The number of hydrogen-bond donors (Lipinski definition) is 5. The zero-order chi connectivity index (χ0) is 37.1. The molecule has 26 heteroatoms. The van der Waals surface area contributed by atoms with E-state index in [9.17, 15) is 48.3 Å². The van der Waals surface area contributed by atoms with Crippen molar-refractivity contribution in [1.82, 2.24) is 19.5 Å². The monoisotopic (exact) mass is 757 g/mol. The molecule has 0 aliphatic carbocycles. The zero-order valence-corrected chi connectivity index (χ0v) is 28.2. The number of aromatic nitrogens is 4. The Balaban J connectivity index is 1.49. The Hall–Kier alpha value is -3.67. The number of carbonyl (C=O) groups excluding carboxylic acids is 4. The standard InChI is InChI=1S/C24H33N5O19P2/c1-9(30)40-5-14-18(42-10(2)31)19(43-11(3)32)20(44-12(4)33)24(46-14)47-50(38,39)48-49(36,37)41-6-13-16(34)17(35)23(45-13)29-8-28-15-21(25)26-7-27-22(15)29/h7-8,13-14,16-20,23-24,34-35H,5-6H2,1-4H3,(H,36,37)(H,38,39)(H2,25,26,27). The van der Waals surface area contributed by atoms with Crippen LogP contribution in [0, 0.1) is 0 Å². The van der Waals surface area contributed by atoms with Gasteiger partial charge in [-0.05, 0) is 0 Å². The summed E-state index contributed by atoms with van der Waals surface area (Å²) in [5.74, 6) is -3.88. The predicted octanol–water partition coefficient (Wildman–Crippen LogP) is -1.64. The molecule has 50 heavy (non-hydrogen) atoms.